The van der Waals surface area contributed by atoms with Gasteiger partial charge in [0.05, 0.1) is 5.69 Å². The second-order valence-corrected chi connectivity index (χ2v) is 5.22. The van der Waals surface area contributed by atoms with Crippen LogP contribution < -0.4 is 11.1 Å². The molecule has 0 saturated carbocycles. The zero-order valence-electron chi connectivity index (χ0n) is 11.4. The predicted octanol–water partition coefficient (Wildman–Crippen LogP) is 1.92. The van der Waals surface area contributed by atoms with Crippen LogP contribution in [0.4, 0.5) is 0 Å². The van der Waals surface area contributed by atoms with Crippen LogP contribution in [0.25, 0.3) is 0 Å². The Kier molecular flexibility index (Phi) is 5.20. The van der Waals surface area contributed by atoms with Gasteiger partial charge in [0.15, 0.2) is 0 Å². The van der Waals surface area contributed by atoms with Gasteiger partial charge in [-0.25, -0.2) is 0 Å². The van der Waals surface area contributed by atoms with Crippen LogP contribution in [0.2, 0.25) is 0 Å². The largest absolute Gasteiger partial charge is 0.351 e. The highest BCUT2D eigenvalue weighted by atomic mass is 32.1. The van der Waals surface area contributed by atoms with E-state index in [0.717, 1.165) is 22.8 Å². The van der Waals surface area contributed by atoms with Gasteiger partial charge < -0.3 is 11.1 Å². The van der Waals surface area contributed by atoms with E-state index in [2.05, 4.69) is 14.9 Å². The van der Waals surface area contributed by atoms with E-state index in [4.69, 9.17) is 5.73 Å². The Balaban J connectivity index is 1.83. The van der Waals surface area contributed by atoms with Gasteiger partial charge in [0.2, 0.25) is 0 Å². The minimum Gasteiger partial charge on any atom is -0.351 e. The smallest absolute Gasteiger partial charge is 0.264 e. The summed E-state index contributed by atoms with van der Waals surface area (Å²) in [5.41, 5.74) is 7.91. The van der Waals surface area contributed by atoms with E-state index in [0.29, 0.717) is 24.3 Å². The number of nitrogens with one attached hydrogen (secondary N) is 1. The van der Waals surface area contributed by atoms with Gasteiger partial charge in [-0.3, -0.25) is 4.79 Å². The fourth-order valence-corrected chi connectivity index (χ4v) is 2.57. The molecule has 106 valence electrons. The first-order valence-corrected chi connectivity index (χ1v) is 7.39. The third kappa shape index (κ3) is 3.61. The van der Waals surface area contributed by atoms with Gasteiger partial charge in [0.25, 0.3) is 5.91 Å². The van der Waals surface area contributed by atoms with Gasteiger partial charge in [-0.2, -0.15) is 0 Å². The van der Waals surface area contributed by atoms with E-state index < -0.39 is 0 Å². The quantitative estimate of drug-likeness (QED) is 0.851. The molecule has 0 spiro atoms. The second kappa shape index (κ2) is 7.12. The lowest BCUT2D eigenvalue weighted by molar-refractivity contribution is 0.0955. The van der Waals surface area contributed by atoms with Gasteiger partial charge >= 0.3 is 0 Å². The molecule has 0 aliphatic rings. The number of aromatic nitrogens is 2. The molecule has 1 aromatic carbocycles. The molecule has 20 heavy (non-hydrogen) atoms. The summed E-state index contributed by atoms with van der Waals surface area (Å²) in [7, 11) is 0. The highest BCUT2D eigenvalue weighted by Gasteiger charge is 2.14. The van der Waals surface area contributed by atoms with E-state index in [-0.39, 0.29) is 11.9 Å². The van der Waals surface area contributed by atoms with Gasteiger partial charge in [-0.15, -0.1) is 5.10 Å². The summed E-state index contributed by atoms with van der Waals surface area (Å²) in [6.07, 6.45) is 1.41. The Hall–Kier alpha value is -1.79. The Labute approximate surface area is 122 Å². The van der Waals surface area contributed by atoms with Crippen LogP contribution >= 0.6 is 11.5 Å². The molecule has 5 nitrogen and oxygen atoms in total. The lowest BCUT2D eigenvalue weighted by Gasteiger charge is -2.12. The normalized spacial score (nSPS) is 12.1. The van der Waals surface area contributed by atoms with Crippen molar-refractivity contribution < 1.29 is 4.79 Å². The molecule has 0 saturated heterocycles. The zero-order chi connectivity index (χ0) is 14.4. The Morgan fingerprint density at radius 3 is 2.85 bits per heavy atom. The zero-order valence-corrected chi connectivity index (χ0v) is 12.2. The fraction of sp³-hybridized carbons (Fsp3) is 0.357. The van der Waals surface area contributed by atoms with Crippen molar-refractivity contribution in [3.05, 3.63) is 46.5 Å². The lowest BCUT2D eigenvalue weighted by Crippen LogP contribution is -2.27. The maximum Gasteiger partial charge on any atom is 0.264 e. The molecule has 1 aromatic heterocycles. The van der Waals surface area contributed by atoms with E-state index >= 15 is 0 Å². The number of nitrogens with zero attached hydrogens (tertiary/aromatic N) is 2. The van der Waals surface area contributed by atoms with Crippen LogP contribution in [0.15, 0.2) is 30.3 Å². The first kappa shape index (κ1) is 14.6. The molecular weight excluding hydrogens is 272 g/mol. The highest BCUT2D eigenvalue weighted by molar-refractivity contribution is 7.08. The van der Waals surface area contributed by atoms with Crippen molar-refractivity contribution in [2.45, 2.75) is 25.8 Å². The van der Waals surface area contributed by atoms with Gasteiger partial charge in [-0.1, -0.05) is 41.7 Å². The average molecular weight is 290 g/mol. The number of rotatable bonds is 6. The van der Waals surface area contributed by atoms with Crippen molar-refractivity contribution >= 4 is 17.4 Å². The van der Waals surface area contributed by atoms with Crippen molar-refractivity contribution in [2.75, 3.05) is 6.54 Å². The van der Waals surface area contributed by atoms with Crippen LogP contribution in [-0.2, 0) is 6.42 Å². The molecule has 1 heterocycles. The monoisotopic (exact) mass is 290 g/mol. The maximum atomic E-state index is 12.0. The molecular formula is C14H18N4OS. The number of carbonyl (C=O) groups is 1. The Bertz CT molecular complexity index is 555. The molecule has 0 radical (unpaired) electrons. The molecule has 0 fully saturated rings. The topological polar surface area (TPSA) is 80.9 Å². The molecule has 6 heteroatoms. The number of carbonyl (C=O) groups excluding carboxylic acids is 1. The highest BCUT2D eigenvalue weighted by Crippen LogP contribution is 2.13. The van der Waals surface area contributed by atoms with Crippen LogP contribution in [0.1, 0.15) is 40.3 Å². The second-order valence-electron chi connectivity index (χ2n) is 4.46. The fourth-order valence-electron chi connectivity index (χ4n) is 1.90. The third-order valence-electron chi connectivity index (χ3n) is 3.07. The van der Waals surface area contributed by atoms with Crippen LogP contribution in [0.5, 0.6) is 0 Å². The van der Waals surface area contributed by atoms with E-state index in [1.807, 2.05) is 37.3 Å². The molecule has 0 aliphatic heterocycles. The summed E-state index contributed by atoms with van der Waals surface area (Å²) >= 11 is 1.13. The van der Waals surface area contributed by atoms with Gasteiger partial charge in [0, 0.05) is 12.6 Å². The number of benzene rings is 1. The van der Waals surface area contributed by atoms with E-state index in [9.17, 15) is 4.79 Å². The van der Waals surface area contributed by atoms with Crippen molar-refractivity contribution in [3.8, 4) is 0 Å². The SMILES string of the molecule is CCc1nnsc1C(=O)NCCC(N)c1ccccc1. The molecule has 1 atom stereocenters. The van der Waals surface area contributed by atoms with Crippen LogP contribution in [0.3, 0.4) is 0 Å². The number of amides is 1. The van der Waals surface area contributed by atoms with Crippen LogP contribution in [-0.4, -0.2) is 22.0 Å². The number of aryl methyl sites for hydroxylation is 1. The minimum atomic E-state index is -0.114. The summed E-state index contributed by atoms with van der Waals surface area (Å²) in [6, 6.07) is 9.81. The molecule has 0 aliphatic carbocycles. The van der Waals surface area contributed by atoms with E-state index in [1.165, 1.54) is 0 Å². The third-order valence-corrected chi connectivity index (χ3v) is 3.83. The minimum absolute atomic E-state index is 0.0678. The van der Waals surface area contributed by atoms with Crippen molar-refractivity contribution in [1.82, 2.24) is 14.9 Å². The van der Waals surface area contributed by atoms with E-state index in [1.54, 1.807) is 0 Å². The number of hydrogen-bond acceptors (Lipinski definition) is 5. The molecule has 0 bridgehead atoms. The van der Waals surface area contributed by atoms with Crippen molar-refractivity contribution in [3.63, 3.8) is 0 Å². The molecule has 2 rings (SSSR count). The molecule has 2 aromatic rings. The first-order valence-electron chi connectivity index (χ1n) is 6.62. The predicted molar refractivity (Wildman–Crippen MR) is 79.6 cm³/mol. The number of nitrogens with two attached hydrogens (primary N) is 1. The summed E-state index contributed by atoms with van der Waals surface area (Å²) in [5, 5.41) is 6.80. The standard InChI is InChI=1S/C14H18N4OS/c1-2-12-13(20-18-17-12)14(19)16-9-8-11(15)10-6-4-3-5-7-10/h3-7,11H,2,8-9,15H2,1H3,(H,16,19). The first-order chi connectivity index (χ1) is 9.72. The number of hydrogen-bond donors (Lipinski definition) is 2. The average Bonchev–Trinajstić information content (AvgIpc) is 2.96. The maximum absolute atomic E-state index is 12.0. The van der Waals surface area contributed by atoms with Gasteiger partial charge in [-0.05, 0) is 29.9 Å². The summed E-state index contributed by atoms with van der Waals surface area (Å²) in [6.45, 7) is 2.49. The Morgan fingerprint density at radius 1 is 1.40 bits per heavy atom. The van der Waals surface area contributed by atoms with Crippen LogP contribution in [0, 0.1) is 0 Å². The van der Waals surface area contributed by atoms with Crippen molar-refractivity contribution in [2.24, 2.45) is 5.73 Å². The lowest BCUT2D eigenvalue weighted by atomic mass is 10.1. The Morgan fingerprint density at radius 2 is 2.15 bits per heavy atom. The summed E-state index contributed by atoms with van der Waals surface area (Å²) in [4.78, 5) is 12.6. The molecule has 3 N–H and O–H groups in total. The summed E-state index contributed by atoms with van der Waals surface area (Å²) < 4.78 is 3.81. The summed E-state index contributed by atoms with van der Waals surface area (Å²) in [5.74, 6) is -0.114. The van der Waals surface area contributed by atoms with Crippen molar-refractivity contribution in [1.29, 1.82) is 0 Å². The van der Waals surface area contributed by atoms with Gasteiger partial charge in [0.1, 0.15) is 4.88 Å². The molecule has 1 unspecified atom stereocenters. The molecule has 1 amide bonds.